The topological polar surface area (TPSA) is 30.0 Å². The van der Waals surface area contributed by atoms with E-state index in [0.717, 1.165) is 22.7 Å². The highest BCUT2D eigenvalue weighted by atomic mass is 32.1. The number of nitrogens with zero attached hydrogens (tertiary/aromatic N) is 1. The highest BCUT2D eigenvalue weighted by molar-refractivity contribution is 7.13. The van der Waals surface area contributed by atoms with Crippen molar-refractivity contribution in [3.05, 3.63) is 40.9 Å². The normalized spacial score (nSPS) is 10.5. The lowest BCUT2D eigenvalue weighted by Gasteiger charge is -1.98. The Balaban J connectivity index is 2.21. The molecule has 0 saturated carbocycles. The molecule has 0 spiro atoms. The number of benzene rings is 1. The molecule has 0 N–H and O–H groups in total. The summed E-state index contributed by atoms with van der Waals surface area (Å²) in [5, 5.41) is 2.95. The Hall–Kier alpha value is -1.48. The summed E-state index contributed by atoms with van der Waals surface area (Å²) in [5.41, 5.74) is 3.33. The molecule has 1 aromatic carbocycles. The van der Waals surface area contributed by atoms with Crippen LogP contribution in [0.1, 0.15) is 25.1 Å². The smallest absolute Gasteiger partial charge is 0.135 e. The Labute approximate surface area is 105 Å². The number of rotatable bonds is 4. The third-order valence-electron chi connectivity index (χ3n) is 2.59. The molecule has 0 unspecified atom stereocenters. The molecule has 17 heavy (non-hydrogen) atoms. The van der Waals surface area contributed by atoms with Gasteiger partial charge in [0.05, 0.1) is 5.69 Å². The molecular formula is C14H15NOS. The van der Waals surface area contributed by atoms with E-state index in [1.807, 2.05) is 5.38 Å². The van der Waals surface area contributed by atoms with Gasteiger partial charge >= 0.3 is 0 Å². The highest BCUT2D eigenvalue weighted by Gasteiger charge is 2.06. The number of ketones is 1. The van der Waals surface area contributed by atoms with Crippen molar-refractivity contribution in [2.75, 3.05) is 0 Å². The lowest BCUT2D eigenvalue weighted by Crippen LogP contribution is -1.96. The van der Waals surface area contributed by atoms with Gasteiger partial charge in [0.25, 0.3) is 0 Å². The van der Waals surface area contributed by atoms with Crippen LogP contribution < -0.4 is 0 Å². The summed E-state index contributed by atoms with van der Waals surface area (Å²) >= 11 is 1.59. The number of hydrogen-bond donors (Lipinski definition) is 0. The fourth-order valence-electron chi connectivity index (χ4n) is 1.66. The van der Waals surface area contributed by atoms with Crippen molar-refractivity contribution >= 4 is 17.1 Å². The van der Waals surface area contributed by atoms with Gasteiger partial charge in [0.2, 0.25) is 0 Å². The van der Waals surface area contributed by atoms with E-state index in [9.17, 15) is 4.79 Å². The van der Waals surface area contributed by atoms with Crippen LogP contribution in [0.4, 0.5) is 0 Å². The Morgan fingerprint density at radius 1 is 1.29 bits per heavy atom. The SMILES string of the molecule is CCc1ccc(-c2nc(CC(C)=O)cs2)cc1. The number of aryl methyl sites for hydroxylation is 1. The molecule has 2 aromatic rings. The summed E-state index contributed by atoms with van der Waals surface area (Å²) in [6.07, 6.45) is 1.48. The van der Waals surface area contributed by atoms with Gasteiger partial charge in [-0.25, -0.2) is 4.98 Å². The lowest BCUT2D eigenvalue weighted by molar-refractivity contribution is -0.116. The second-order valence-corrected chi connectivity index (χ2v) is 4.93. The van der Waals surface area contributed by atoms with Crippen molar-refractivity contribution < 1.29 is 4.79 Å². The zero-order valence-corrected chi connectivity index (χ0v) is 10.9. The zero-order valence-electron chi connectivity index (χ0n) is 10.1. The third kappa shape index (κ3) is 3.01. The summed E-state index contributed by atoms with van der Waals surface area (Å²) in [7, 11) is 0. The van der Waals surface area contributed by atoms with Crippen LogP contribution in [-0.2, 0) is 17.6 Å². The van der Waals surface area contributed by atoms with Crippen LogP contribution in [0.3, 0.4) is 0 Å². The van der Waals surface area contributed by atoms with Crippen molar-refractivity contribution in [1.29, 1.82) is 0 Å². The van der Waals surface area contributed by atoms with E-state index in [1.54, 1.807) is 18.3 Å². The zero-order chi connectivity index (χ0) is 12.3. The van der Waals surface area contributed by atoms with E-state index in [-0.39, 0.29) is 5.78 Å². The minimum Gasteiger partial charge on any atom is -0.300 e. The quantitative estimate of drug-likeness (QED) is 0.825. The predicted octanol–water partition coefficient (Wildman–Crippen LogP) is 3.50. The van der Waals surface area contributed by atoms with E-state index >= 15 is 0 Å². The van der Waals surface area contributed by atoms with Crippen LogP contribution in [0, 0.1) is 0 Å². The van der Waals surface area contributed by atoms with Gasteiger partial charge in [-0.3, -0.25) is 4.79 Å². The Morgan fingerprint density at radius 2 is 2.00 bits per heavy atom. The molecule has 88 valence electrons. The molecule has 1 aromatic heterocycles. The molecule has 0 aliphatic rings. The van der Waals surface area contributed by atoms with Gasteiger partial charge in [0, 0.05) is 17.4 Å². The van der Waals surface area contributed by atoms with Crippen molar-refractivity contribution in [3.63, 3.8) is 0 Å². The van der Waals surface area contributed by atoms with Crippen LogP contribution >= 0.6 is 11.3 Å². The van der Waals surface area contributed by atoms with Gasteiger partial charge in [-0.15, -0.1) is 11.3 Å². The van der Waals surface area contributed by atoms with Crippen molar-refractivity contribution in [2.45, 2.75) is 26.7 Å². The Kier molecular flexibility index (Phi) is 3.69. The number of thiazole rings is 1. The first-order valence-electron chi connectivity index (χ1n) is 5.72. The second kappa shape index (κ2) is 5.23. The van der Waals surface area contributed by atoms with Crippen LogP contribution in [0.25, 0.3) is 10.6 Å². The second-order valence-electron chi connectivity index (χ2n) is 4.07. The number of Topliss-reactive ketones (excluding diaryl/α,β-unsaturated/α-hetero) is 1. The number of hydrogen-bond acceptors (Lipinski definition) is 3. The maximum Gasteiger partial charge on any atom is 0.135 e. The van der Waals surface area contributed by atoms with Gasteiger partial charge in [-0.1, -0.05) is 31.2 Å². The summed E-state index contributed by atoms with van der Waals surface area (Å²) in [6, 6.07) is 8.44. The molecule has 2 rings (SSSR count). The average Bonchev–Trinajstić information content (AvgIpc) is 2.77. The molecule has 0 amide bonds. The van der Waals surface area contributed by atoms with Gasteiger partial charge in [0.15, 0.2) is 0 Å². The molecule has 2 nitrogen and oxygen atoms in total. The molecule has 0 bridgehead atoms. The van der Waals surface area contributed by atoms with Crippen LogP contribution in [-0.4, -0.2) is 10.8 Å². The monoisotopic (exact) mass is 245 g/mol. The fourth-order valence-corrected chi connectivity index (χ4v) is 2.48. The third-order valence-corrected chi connectivity index (χ3v) is 3.53. The van der Waals surface area contributed by atoms with Gasteiger partial charge in [-0.2, -0.15) is 0 Å². The van der Waals surface area contributed by atoms with Crippen LogP contribution in [0.2, 0.25) is 0 Å². The molecule has 0 fully saturated rings. The van der Waals surface area contributed by atoms with Crippen molar-refractivity contribution in [1.82, 2.24) is 4.98 Å². The van der Waals surface area contributed by atoms with Crippen LogP contribution in [0.5, 0.6) is 0 Å². The molecule has 1 heterocycles. The fraction of sp³-hybridized carbons (Fsp3) is 0.286. The predicted molar refractivity (Wildman–Crippen MR) is 71.3 cm³/mol. The minimum atomic E-state index is 0.156. The lowest BCUT2D eigenvalue weighted by atomic mass is 10.1. The number of aromatic nitrogens is 1. The first-order valence-corrected chi connectivity index (χ1v) is 6.60. The van der Waals surface area contributed by atoms with E-state index in [1.165, 1.54) is 5.56 Å². The summed E-state index contributed by atoms with van der Waals surface area (Å²) in [6.45, 7) is 3.73. The average molecular weight is 245 g/mol. The first-order chi connectivity index (χ1) is 8.19. The Morgan fingerprint density at radius 3 is 2.59 bits per heavy atom. The molecule has 0 radical (unpaired) electrons. The largest absolute Gasteiger partial charge is 0.300 e. The van der Waals surface area contributed by atoms with Gasteiger partial charge in [-0.05, 0) is 18.9 Å². The van der Waals surface area contributed by atoms with Crippen LogP contribution in [0.15, 0.2) is 29.6 Å². The molecule has 3 heteroatoms. The molecule has 0 atom stereocenters. The van der Waals surface area contributed by atoms with E-state index in [4.69, 9.17) is 0 Å². The maximum absolute atomic E-state index is 11.0. The van der Waals surface area contributed by atoms with Crippen molar-refractivity contribution in [2.24, 2.45) is 0 Å². The standard InChI is InChI=1S/C14H15NOS/c1-3-11-4-6-12(7-5-11)14-15-13(9-17-14)8-10(2)16/h4-7,9H,3,8H2,1-2H3. The number of carbonyl (C=O) groups is 1. The van der Waals surface area contributed by atoms with Gasteiger partial charge in [0.1, 0.15) is 10.8 Å². The first kappa shape index (κ1) is 12.0. The molecular weight excluding hydrogens is 230 g/mol. The summed E-state index contributed by atoms with van der Waals surface area (Å²) in [4.78, 5) is 15.5. The van der Waals surface area contributed by atoms with Crippen molar-refractivity contribution in [3.8, 4) is 10.6 Å². The van der Waals surface area contributed by atoms with E-state index in [2.05, 4.69) is 36.2 Å². The molecule has 0 aliphatic heterocycles. The molecule has 0 aliphatic carbocycles. The highest BCUT2D eigenvalue weighted by Crippen LogP contribution is 2.24. The summed E-state index contributed by atoms with van der Waals surface area (Å²) < 4.78 is 0. The minimum absolute atomic E-state index is 0.156. The maximum atomic E-state index is 11.0. The Bertz CT molecular complexity index is 513. The van der Waals surface area contributed by atoms with Gasteiger partial charge < -0.3 is 0 Å². The molecule has 0 saturated heterocycles. The summed E-state index contributed by atoms with van der Waals surface area (Å²) in [5.74, 6) is 0.156. The van der Waals surface area contributed by atoms with E-state index in [0.29, 0.717) is 6.42 Å². The number of carbonyl (C=O) groups excluding carboxylic acids is 1. The van der Waals surface area contributed by atoms with E-state index < -0.39 is 0 Å².